The largest absolute Gasteiger partial charge is 0.493 e. The van der Waals surface area contributed by atoms with Crippen molar-refractivity contribution in [2.75, 3.05) is 20.8 Å². The number of hydrogen-bond acceptors (Lipinski definition) is 3. The van der Waals surface area contributed by atoms with E-state index in [0.29, 0.717) is 23.6 Å². The Morgan fingerprint density at radius 3 is 2.54 bits per heavy atom. The quantitative estimate of drug-likeness (QED) is 0.281. The van der Waals surface area contributed by atoms with Crippen LogP contribution in [0.4, 0.5) is 0 Å². The Morgan fingerprint density at radius 1 is 0.914 bits per heavy atom. The van der Waals surface area contributed by atoms with Gasteiger partial charge >= 0.3 is 0 Å². The van der Waals surface area contributed by atoms with Gasteiger partial charge < -0.3 is 24.8 Å². The van der Waals surface area contributed by atoms with Crippen LogP contribution >= 0.6 is 0 Å². The first-order valence-electron chi connectivity index (χ1n) is 11.7. The van der Waals surface area contributed by atoms with Crippen molar-refractivity contribution in [1.29, 1.82) is 0 Å². The van der Waals surface area contributed by atoms with Gasteiger partial charge in [0.15, 0.2) is 11.5 Å². The number of fused-ring (bicyclic) bond motifs is 2. The molecule has 0 aliphatic heterocycles. The molecule has 1 unspecified atom stereocenters. The summed E-state index contributed by atoms with van der Waals surface area (Å²) >= 11 is 0. The third-order valence-corrected chi connectivity index (χ3v) is 6.84. The van der Waals surface area contributed by atoms with Crippen molar-refractivity contribution in [3.05, 3.63) is 94.8 Å². The van der Waals surface area contributed by atoms with Crippen LogP contribution in [0.3, 0.4) is 0 Å². The average molecular weight is 468 g/mol. The summed E-state index contributed by atoms with van der Waals surface area (Å²) in [6, 6.07) is 19.8. The molecule has 0 bridgehead atoms. The monoisotopic (exact) mass is 467 g/mol. The molecule has 3 N–H and O–H groups in total. The highest BCUT2D eigenvalue weighted by Crippen LogP contribution is 2.40. The molecule has 178 valence electrons. The number of aromatic nitrogens is 2. The summed E-state index contributed by atoms with van der Waals surface area (Å²) in [6.45, 7) is 4.51. The minimum Gasteiger partial charge on any atom is -0.493 e. The number of carbonyl (C=O) groups excluding carboxylic acids is 1. The molecule has 6 nitrogen and oxygen atoms in total. The molecule has 5 rings (SSSR count). The van der Waals surface area contributed by atoms with E-state index < -0.39 is 0 Å². The third kappa shape index (κ3) is 4.01. The Kier molecular flexibility index (Phi) is 5.95. The molecule has 0 saturated heterocycles. The van der Waals surface area contributed by atoms with Crippen LogP contribution in [0.1, 0.15) is 38.7 Å². The number of para-hydroxylation sites is 2. The van der Waals surface area contributed by atoms with Gasteiger partial charge in [0.25, 0.3) is 5.91 Å². The maximum atomic E-state index is 13.3. The van der Waals surface area contributed by atoms with Crippen molar-refractivity contribution >= 4 is 27.7 Å². The molecular formula is C29H29N3O3. The predicted molar refractivity (Wildman–Crippen MR) is 140 cm³/mol. The van der Waals surface area contributed by atoms with Gasteiger partial charge in [-0.15, -0.1) is 0 Å². The van der Waals surface area contributed by atoms with E-state index in [2.05, 4.69) is 28.3 Å². The zero-order valence-electron chi connectivity index (χ0n) is 20.4. The molecule has 0 fully saturated rings. The van der Waals surface area contributed by atoms with E-state index in [1.165, 1.54) is 0 Å². The lowest BCUT2D eigenvalue weighted by molar-refractivity contribution is 0.0952. The summed E-state index contributed by atoms with van der Waals surface area (Å²) in [5, 5.41) is 5.35. The van der Waals surface area contributed by atoms with E-state index in [1.54, 1.807) is 14.2 Å². The van der Waals surface area contributed by atoms with Crippen molar-refractivity contribution < 1.29 is 14.3 Å². The first-order valence-corrected chi connectivity index (χ1v) is 11.7. The van der Waals surface area contributed by atoms with Crippen LogP contribution in [0.25, 0.3) is 21.8 Å². The number of benzene rings is 3. The smallest absolute Gasteiger partial charge is 0.251 e. The van der Waals surface area contributed by atoms with Gasteiger partial charge in [-0.1, -0.05) is 30.3 Å². The molecule has 0 aliphatic rings. The van der Waals surface area contributed by atoms with E-state index in [1.807, 2.05) is 67.7 Å². The summed E-state index contributed by atoms with van der Waals surface area (Å²) in [5.41, 5.74) is 7.02. The molecule has 2 heterocycles. The molecule has 5 aromatic rings. The second kappa shape index (κ2) is 9.22. The molecule has 0 aliphatic carbocycles. The predicted octanol–water partition coefficient (Wildman–Crippen LogP) is 5.85. The zero-order valence-corrected chi connectivity index (χ0v) is 20.4. The van der Waals surface area contributed by atoms with Gasteiger partial charge in [0.2, 0.25) is 0 Å². The number of nitrogens with one attached hydrogen (secondary N) is 3. The first kappa shape index (κ1) is 22.6. The van der Waals surface area contributed by atoms with Crippen LogP contribution in [0.15, 0.2) is 66.9 Å². The fraction of sp³-hybridized carbons (Fsp3) is 0.207. The van der Waals surface area contributed by atoms with Gasteiger partial charge in [-0.2, -0.15) is 0 Å². The summed E-state index contributed by atoms with van der Waals surface area (Å²) in [7, 11) is 3.27. The normalized spacial score (nSPS) is 12.1. The Balaban J connectivity index is 1.52. The lowest BCUT2D eigenvalue weighted by Crippen LogP contribution is -2.29. The molecule has 2 aromatic heterocycles. The molecule has 1 atom stereocenters. The Hall–Kier alpha value is -4.19. The number of H-pyrrole nitrogens is 2. The molecule has 35 heavy (non-hydrogen) atoms. The number of aromatic amines is 2. The fourth-order valence-corrected chi connectivity index (χ4v) is 4.86. The lowest BCUT2D eigenvalue weighted by Gasteiger charge is -2.22. The fourth-order valence-electron chi connectivity index (χ4n) is 4.86. The highest BCUT2D eigenvalue weighted by Gasteiger charge is 2.24. The van der Waals surface area contributed by atoms with Crippen molar-refractivity contribution in [1.82, 2.24) is 15.3 Å². The van der Waals surface area contributed by atoms with Gasteiger partial charge in [0.05, 0.1) is 14.2 Å². The van der Waals surface area contributed by atoms with Gasteiger partial charge in [-0.25, -0.2) is 0 Å². The molecule has 3 aromatic carbocycles. The van der Waals surface area contributed by atoms with Crippen LogP contribution in [-0.2, 0) is 0 Å². The second-order valence-corrected chi connectivity index (χ2v) is 8.77. The van der Waals surface area contributed by atoms with Crippen molar-refractivity contribution in [2.24, 2.45) is 0 Å². The van der Waals surface area contributed by atoms with Crippen LogP contribution < -0.4 is 14.8 Å². The van der Waals surface area contributed by atoms with E-state index in [9.17, 15) is 4.79 Å². The zero-order chi connectivity index (χ0) is 24.5. The summed E-state index contributed by atoms with van der Waals surface area (Å²) in [6.07, 6.45) is 2.01. The SMILES string of the molecule is COc1cccc(C(CNC(=O)c2ccc3[nH]c(C)c(C)c3c2)c2c[nH]c3ccccc23)c1OC. The Labute approximate surface area is 204 Å². The number of carbonyl (C=O) groups is 1. The maximum Gasteiger partial charge on any atom is 0.251 e. The number of methoxy groups -OCH3 is 2. The summed E-state index contributed by atoms with van der Waals surface area (Å²) < 4.78 is 11.3. The number of rotatable bonds is 7. The number of amides is 1. The Morgan fingerprint density at radius 2 is 1.74 bits per heavy atom. The molecule has 0 saturated carbocycles. The minimum absolute atomic E-state index is 0.114. The van der Waals surface area contributed by atoms with Gasteiger partial charge in [-0.05, 0) is 55.3 Å². The van der Waals surface area contributed by atoms with Crippen molar-refractivity contribution in [3.63, 3.8) is 0 Å². The standard InChI is InChI=1S/C29H29N3O3/c1-17-18(2)32-26-13-12-19(14-22(17)26)29(33)31-16-24(21-9-7-11-27(34-3)28(21)35-4)23-15-30-25-10-6-5-8-20(23)25/h5-15,24,30,32H,16H2,1-4H3,(H,31,33). The third-order valence-electron chi connectivity index (χ3n) is 6.84. The van der Waals surface area contributed by atoms with Gasteiger partial charge in [-0.3, -0.25) is 4.79 Å². The maximum absolute atomic E-state index is 13.3. The second-order valence-electron chi connectivity index (χ2n) is 8.77. The van der Waals surface area contributed by atoms with Crippen LogP contribution in [-0.4, -0.2) is 36.6 Å². The van der Waals surface area contributed by atoms with Crippen molar-refractivity contribution in [2.45, 2.75) is 19.8 Å². The highest BCUT2D eigenvalue weighted by atomic mass is 16.5. The molecule has 0 radical (unpaired) electrons. The van der Waals surface area contributed by atoms with Gasteiger partial charge in [0.1, 0.15) is 0 Å². The molecular weight excluding hydrogens is 438 g/mol. The Bertz CT molecular complexity index is 1530. The van der Waals surface area contributed by atoms with Crippen LogP contribution in [0, 0.1) is 13.8 Å². The number of ether oxygens (including phenoxy) is 2. The number of aryl methyl sites for hydroxylation is 2. The van der Waals surface area contributed by atoms with Crippen LogP contribution in [0.5, 0.6) is 11.5 Å². The summed E-state index contributed by atoms with van der Waals surface area (Å²) in [4.78, 5) is 20.0. The lowest BCUT2D eigenvalue weighted by atomic mass is 9.89. The van der Waals surface area contributed by atoms with Crippen LogP contribution in [0.2, 0.25) is 0 Å². The summed E-state index contributed by atoms with van der Waals surface area (Å²) in [5.74, 6) is 1.06. The van der Waals surface area contributed by atoms with Gasteiger partial charge in [0, 0.05) is 57.3 Å². The first-order chi connectivity index (χ1) is 17.0. The molecule has 1 amide bonds. The topological polar surface area (TPSA) is 79.1 Å². The molecule has 6 heteroatoms. The van der Waals surface area contributed by atoms with Crippen molar-refractivity contribution in [3.8, 4) is 11.5 Å². The van der Waals surface area contributed by atoms with E-state index in [4.69, 9.17) is 9.47 Å². The molecule has 0 spiro atoms. The van der Waals surface area contributed by atoms with E-state index in [0.717, 1.165) is 44.2 Å². The van der Waals surface area contributed by atoms with E-state index in [-0.39, 0.29) is 11.8 Å². The highest BCUT2D eigenvalue weighted by molar-refractivity contribution is 5.99. The average Bonchev–Trinajstić information content (AvgIpc) is 3.44. The number of hydrogen-bond donors (Lipinski definition) is 3. The van der Waals surface area contributed by atoms with E-state index >= 15 is 0 Å². The minimum atomic E-state index is -0.153.